The molecule has 2 aromatic heterocycles. The molecule has 2 rings (SSSR count). The topological polar surface area (TPSA) is 68.5 Å². The molecule has 0 aliphatic heterocycles. The predicted octanol–water partition coefficient (Wildman–Crippen LogP) is 3.05. The summed E-state index contributed by atoms with van der Waals surface area (Å²) in [6.07, 6.45) is 11.5. The van der Waals surface area contributed by atoms with Crippen LogP contribution in [0.1, 0.15) is 39.7 Å². The van der Waals surface area contributed by atoms with Gasteiger partial charge in [0.1, 0.15) is 11.9 Å². The molecule has 0 spiro atoms. The number of fused-ring (bicyclic) bond motifs is 1. The second-order valence-electron chi connectivity index (χ2n) is 6.23. The van der Waals surface area contributed by atoms with E-state index in [0.717, 1.165) is 11.2 Å². The molecule has 0 aromatic carbocycles. The molecular formula is C16H22N4O2. The van der Waals surface area contributed by atoms with E-state index in [9.17, 15) is 4.79 Å². The van der Waals surface area contributed by atoms with Gasteiger partial charge in [-0.2, -0.15) is 0 Å². The summed E-state index contributed by atoms with van der Waals surface area (Å²) in [6.45, 7) is 7.47. The van der Waals surface area contributed by atoms with E-state index in [4.69, 9.17) is 4.74 Å². The second-order valence-corrected chi connectivity index (χ2v) is 6.23. The molecule has 0 unspecified atom stereocenters. The lowest BCUT2D eigenvalue weighted by atomic mass is 10.2. The molecule has 1 N–H and O–H groups in total. The standard InChI is InChI=1S/C16H22N4O2/c1-12(19-15(21)22-16(2,3)4)6-5-7-13-8-18-14-9-17-11-20(14)10-13/h5,7-12H,6H2,1-4H3,(H,19,21)/b7-5+/t12-/m0/s1. The maximum atomic E-state index is 11.6. The molecular weight excluding hydrogens is 280 g/mol. The first-order valence-corrected chi connectivity index (χ1v) is 7.27. The highest BCUT2D eigenvalue weighted by Crippen LogP contribution is 2.08. The summed E-state index contributed by atoms with van der Waals surface area (Å²) < 4.78 is 7.08. The van der Waals surface area contributed by atoms with Gasteiger partial charge in [0.25, 0.3) is 0 Å². The van der Waals surface area contributed by atoms with Crippen molar-refractivity contribution in [2.45, 2.75) is 45.8 Å². The van der Waals surface area contributed by atoms with Crippen molar-refractivity contribution in [1.29, 1.82) is 0 Å². The normalized spacial score (nSPS) is 13.5. The van der Waals surface area contributed by atoms with Gasteiger partial charge in [-0.05, 0) is 34.1 Å². The number of nitrogens with one attached hydrogen (secondary N) is 1. The number of carbonyl (C=O) groups is 1. The maximum Gasteiger partial charge on any atom is 0.407 e. The van der Waals surface area contributed by atoms with Crippen LogP contribution in [0.15, 0.2) is 31.0 Å². The molecule has 0 saturated carbocycles. The highest BCUT2D eigenvalue weighted by molar-refractivity contribution is 5.68. The summed E-state index contributed by atoms with van der Waals surface area (Å²) in [7, 11) is 0. The minimum atomic E-state index is -0.481. The van der Waals surface area contributed by atoms with Crippen LogP contribution in [-0.2, 0) is 4.74 Å². The molecule has 1 atom stereocenters. The highest BCUT2D eigenvalue weighted by Gasteiger charge is 2.17. The average molecular weight is 302 g/mol. The largest absolute Gasteiger partial charge is 0.444 e. The van der Waals surface area contributed by atoms with Gasteiger partial charge in [-0.3, -0.25) is 4.40 Å². The van der Waals surface area contributed by atoms with Gasteiger partial charge in [-0.1, -0.05) is 12.2 Å². The SMILES string of the molecule is C[C@@H](C/C=C/c1cnc2cncn2c1)NC(=O)OC(C)(C)C. The molecule has 0 bridgehead atoms. The molecule has 6 heteroatoms. The molecule has 0 saturated heterocycles. The van der Waals surface area contributed by atoms with Crippen LogP contribution in [0.25, 0.3) is 11.7 Å². The Morgan fingerprint density at radius 3 is 2.95 bits per heavy atom. The first-order valence-electron chi connectivity index (χ1n) is 7.27. The number of carbonyl (C=O) groups excluding carboxylic acids is 1. The Bertz CT molecular complexity index is 670. The number of rotatable bonds is 4. The van der Waals surface area contributed by atoms with Crippen molar-refractivity contribution < 1.29 is 9.53 Å². The number of imidazole rings is 1. The van der Waals surface area contributed by atoms with E-state index in [1.807, 2.05) is 50.4 Å². The van der Waals surface area contributed by atoms with E-state index in [1.165, 1.54) is 0 Å². The minimum Gasteiger partial charge on any atom is -0.444 e. The van der Waals surface area contributed by atoms with Crippen LogP contribution in [0, 0.1) is 0 Å². The molecule has 22 heavy (non-hydrogen) atoms. The molecule has 0 fully saturated rings. The number of nitrogens with zero attached hydrogens (tertiary/aromatic N) is 3. The Kier molecular flexibility index (Phi) is 4.80. The molecule has 0 aliphatic carbocycles. The molecule has 1 amide bonds. The van der Waals surface area contributed by atoms with Gasteiger partial charge < -0.3 is 10.1 Å². The van der Waals surface area contributed by atoms with E-state index in [1.54, 1.807) is 18.7 Å². The van der Waals surface area contributed by atoms with Gasteiger partial charge in [0.05, 0.1) is 6.20 Å². The van der Waals surface area contributed by atoms with Crippen LogP contribution >= 0.6 is 0 Å². The summed E-state index contributed by atoms with van der Waals surface area (Å²) >= 11 is 0. The van der Waals surface area contributed by atoms with Crippen molar-refractivity contribution in [2.24, 2.45) is 0 Å². The highest BCUT2D eigenvalue weighted by atomic mass is 16.6. The number of hydrogen-bond donors (Lipinski definition) is 1. The fourth-order valence-corrected chi connectivity index (χ4v) is 1.89. The molecule has 6 nitrogen and oxygen atoms in total. The first kappa shape index (κ1) is 16.0. The van der Waals surface area contributed by atoms with Crippen LogP contribution in [0.5, 0.6) is 0 Å². The van der Waals surface area contributed by atoms with Crippen molar-refractivity contribution in [2.75, 3.05) is 0 Å². The fraction of sp³-hybridized carbons (Fsp3) is 0.438. The quantitative estimate of drug-likeness (QED) is 0.942. The van der Waals surface area contributed by atoms with Gasteiger partial charge in [0.2, 0.25) is 0 Å². The van der Waals surface area contributed by atoms with Crippen LogP contribution in [-0.4, -0.2) is 32.1 Å². The Balaban J connectivity index is 1.84. The maximum absolute atomic E-state index is 11.6. The summed E-state index contributed by atoms with van der Waals surface area (Å²) in [4.78, 5) is 20.0. The van der Waals surface area contributed by atoms with Crippen molar-refractivity contribution in [1.82, 2.24) is 19.7 Å². The van der Waals surface area contributed by atoms with E-state index in [2.05, 4.69) is 15.3 Å². The molecule has 0 radical (unpaired) electrons. The lowest BCUT2D eigenvalue weighted by Gasteiger charge is -2.21. The van der Waals surface area contributed by atoms with Crippen LogP contribution < -0.4 is 5.32 Å². The first-order chi connectivity index (χ1) is 10.3. The Morgan fingerprint density at radius 1 is 1.45 bits per heavy atom. The van der Waals surface area contributed by atoms with E-state index >= 15 is 0 Å². The monoisotopic (exact) mass is 302 g/mol. The fourth-order valence-electron chi connectivity index (χ4n) is 1.89. The summed E-state index contributed by atoms with van der Waals surface area (Å²) in [5, 5.41) is 2.80. The zero-order chi connectivity index (χ0) is 16.2. The summed E-state index contributed by atoms with van der Waals surface area (Å²) in [5.74, 6) is 0. The molecule has 2 heterocycles. The van der Waals surface area contributed by atoms with Crippen molar-refractivity contribution >= 4 is 17.8 Å². The van der Waals surface area contributed by atoms with Gasteiger partial charge in [0, 0.05) is 24.0 Å². The van der Waals surface area contributed by atoms with E-state index in [-0.39, 0.29) is 6.04 Å². The van der Waals surface area contributed by atoms with Gasteiger partial charge in [-0.15, -0.1) is 0 Å². The smallest absolute Gasteiger partial charge is 0.407 e. The van der Waals surface area contributed by atoms with Crippen molar-refractivity contribution in [3.63, 3.8) is 0 Å². The second kappa shape index (κ2) is 6.60. The van der Waals surface area contributed by atoms with E-state index < -0.39 is 11.7 Å². The number of aromatic nitrogens is 3. The number of hydrogen-bond acceptors (Lipinski definition) is 4. The third-order valence-electron chi connectivity index (χ3n) is 2.84. The number of ether oxygens (including phenoxy) is 1. The lowest BCUT2D eigenvalue weighted by Crippen LogP contribution is -2.37. The Morgan fingerprint density at radius 2 is 2.23 bits per heavy atom. The third kappa shape index (κ3) is 4.87. The van der Waals surface area contributed by atoms with Gasteiger partial charge in [-0.25, -0.2) is 14.8 Å². The Labute approximate surface area is 130 Å². The zero-order valence-corrected chi connectivity index (χ0v) is 13.4. The minimum absolute atomic E-state index is 0.00367. The molecule has 0 aliphatic rings. The van der Waals surface area contributed by atoms with Crippen molar-refractivity contribution in [3.8, 4) is 0 Å². The van der Waals surface area contributed by atoms with Crippen molar-refractivity contribution in [3.05, 3.63) is 36.6 Å². The summed E-state index contributed by atoms with van der Waals surface area (Å²) in [6, 6.07) is -0.00367. The zero-order valence-electron chi connectivity index (χ0n) is 13.4. The third-order valence-corrected chi connectivity index (χ3v) is 2.84. The summed E-state index contributed by atoms with van der Waals surface area (Å²) in [5.41, 5.74) is 1.32. The van der Waals surface area contributed by atoms with Crippen LogP contribution in [0.4, 0.5) is 4.79 Å². The molecule has 2 aromatic rings. The molecule has 118 valence electrons. The van der Waals surface area contributed by atoms with Gasteiger partial charge >= 0.3 is 6.09 Å². The Hall–Kier alpha value is -2.37. The number of amides is 1. The lowest BCUT2D eigenvalue weighted by molar-refractivity contribution is 0.0509. The van der Waals surface area contributed by atoms with E-state index in [0.29, 0.717) is 6.42 Å². The predicted molar refractivity (Wildman–Crippen MR) is 85.5 cm³/mol. The van der Waals surface area contributed by atoms with Crippen LogP contribution in [0.2, 0.25) is 0 Å². The van der Waals surface area contributed by atoms with Crippen LogP contribution in [0.3, 0.4) is 0 Å². The average Bonchev–Trinajstić information content (AvgIpc) is 2.83. The number of alkyl carbamates (subject to hydrolysis) is 1. The van der Waals surface area contributed by atoms with Gasteiger partial charge in [0.15, 0.2) is 5.65 Å².